The van der Waals surface area contributed by atoms with Crippen molar-refractivity contribution >= 4 is 50.0 Å². The molecule has 0 atom stereocenters. The van der Waals surface area contributed by atoms with Crippen LogP contribution in [0.1, 0.15) is 0 Å². The first-order valence-electron chi connectivity index (χ1n) is 8.73. The number of rotatable bonds is 5. The lowest BCUT2D eigenvalue weighted by Gasteiger charge is -2.11. The predicted molar refractivity (Wildman–Crippen MR) is 118 cm³/mol. The summed E-state index contributed by atoms with van der Waals surface area (Å²) in [4.78, 5) is 12.5. The highest BCUT2D eigenvalue weighted by Crippen LogP contribution is 2.19. The zero-order valence-electron chi connectivity index (χ0n) is 15.4. The van der Waals surface area contributed by atoms with E-state index >= 15 is 0 Å². The topological polar surface area (TPSA) is 106 Å². The lowest BCUT2D eigenvalue weighted by atomic mass is 10.3. The van der Waals surface area contributed by atoms with Crippen LogP contribution in [0.2, 0.25) is 0 Å². The normalized spacial score (nSPS) is 11.1. The molecule has 4 rings (SSSR count). The van der Waals surface area contributed by atoms with Crippen LogP contribution in [-0.2, 0) is 10.0 Å². The zero-order valence-corrected chi connectivity index (χ0v) is 17.0. The number of sulfonamides is 1. The van der Waals surface area contributed by atoms with Crippen molar-refractivity contribution in [1.82, 2.24) is 15.0 Å². The van der Waals surface area contributed by atoms with Gasteiger partial charge in [0, 0.05) is 11.9 Å². The third-order valence-corrected chi connectivity index (χ3v) is 5.50. The quantitative estimate of drug-likeness (QED) is 0.456. The zero-order chi connectivity index (χ0) is 21.0. The average molecular weight is 438 g/mol. The van der Waals surface area contributed by atoms with E-state index in [-0.39, 0.29) is 15.9 Å². The molecule has 8 nitrogen and oxygen atoms in total. The number of ether oxygens (including phenoxy) is 1. The van der Waals surface area contributed by atoms with Crippen LogP contribution in [0.3, 0.4) is 0 Å². The van der Waals surface area contributed by atoms with E-state index < -0.39 is 10.0 Å². The number of hydrogen-bond acceptors (Lipinski definition) is 7. The molecule has 0 saturated heterocycles. The van der Waals surface area contributed by atoms with E-state index in [0.717, 1.165) is 0 Å². The van der Waals surface area contributed by atoms with Crippen molar-refractivity contribution in [2.45, 2.75) is 4.90 Å². The molecule has 0 spiro atoms. The first-order chi connectivity index (χ1) is 14.5. The number of para-hydroxylation sites is 2. The van der Waals surface area contributed by atoms with Gasteiger partial charge in [0.2, 0.25) is 0 Å². The van der Waals surface area contributed by atoms with Gasteiger partial charge in [-0.15, -0.1) is 0 Å². The van der Waals surface area contributed by atoms with E-state index in [1.165, 1.54) is 24.5 Å². The Hall–Kier alpha value is -3.63. The van der Waals surface area contributed by atoms with E-state index in [4.69, 9.17) is 17.0 Å². The number of thiocarbonyl (C=S) groups is 1. The van der Waals surface area contributed by atoms with Gasteiger partial charge in [-0.05, 0) is 60.7 Å². The Labute approximate surface area is 178 Å². The summed E-state index contributed by atoms with van der Waals surface area (Å²) in [6, 6.07) is 16.7. The predicted octanol–water partition coefficient (Wildman–Crippen LogP) is 3.60. The summed E-state index contributed by atoms with van der Waals surface area (Å²) in [5, 5.41) is 3.00. The molecule has 4 aromatic rings. The number of nitrogens with one attached hydrogen (secondary N) is 2. The van der Waals surface area contributed by atoms with Crippen molar-refractivity contribution in [2.75, 3.05) is 10.0 Å². The molecular formula is C20H15N5O3S2. The molecule has 0 unspecified atom stereocenters. The highest BCUT2D eigenvalue weighted by Gasteiger charge is 2.15. The van der Waals surface area contributed by atoms with Gasteiger partial charge in [0.1, 0.15) is 5.75 Å². The fourth-order valence-corrected chi connectivity index (χ4v) is 3.78. The molecule has 2 N–H and O–H groups in total. The number of pyridine rings is 1. The van der Waals surface area contributed by atoms with E-state index in [1.807, 2.05) is 12.1 Å². The number of fused-ring (bicyclic) bond motifs is 1. The van der Waals surface area contributed by atoms with Gasteiger partial charge in [-0.2, -0.15) is 0 Å². The van der Waals surface area contributed by atoms with Crippen molar-refractivity contribution < 1.29 is 13.2 Å². The summed E-state index contributed by atoms with van der Waals surface area (Å²) < 4.78 is 33.2. The Morgan fingerprint density at radius 2 is 1.70 bits per heavy atom. The molecule has 0 fully saturated rings. The molecule has 0 amide bonds. The number of aromatic nitrogens is 3. The summed E-state index contributed by atoms with van der Waals surface area (Å²) in [7, 11) is -3.83. The van der Waals surface area contributed by atoms with Crippen LogP contribution >= 0.6 is 12.2 Å². The Bertz CT molecular complexity index is 1300. The average Bonchev–Trinajstić information content (AvgIpc) is 2.74. The second-order valence-electron chi connectivity index (χ2n) is 6.08. The number of hydrogen-bond donors (Lipinski definition) is 2. The van der Waals surface area contributed by atoms with Gasteiger partial charge in [-0.25, -0.2) is 13.4 Å². The standard InChI is InChI=1S/C20H15N5O3S2/c26-30(27,25-19-13-22-17-5-1-2-6-18(17)24-19)16-9-7-14(8-10-16)23-20(29)28-15-4-3-11-21-12-15/h1-13H,(H,23,29)(H,24,25). The number of nitrogens with zero attached hydrogens (tertiary/aromatic N) is 3. The number of benzene rings is 2. The molecule has 2 aromatic heterocycles. The van der Waals surface area contributed by atoms with Gasteiger partial charge in [0.05, 0.1) is 28.3 Å². The van der Waals surface area contributed by atoms with Crippen LogP contribution in [-0.4, -0.2) is 28.5 Å². The maximum atomic E-state index is 12.7. The molecule has 0 radical (unpaired) electrons. The Morgan fingerprint density at radius 1 is 0.933 bits per heavy atom. The number of anilines is 2. The van der Waals surface area contributed by atoms with Crippen LogP contribution in [0, 0.1) is 0 Å². The summed E-state index contributed by atoms with van der Waals surface area (Å²) in [6.45, 7) is 0. The van der Waals surface area contributed by atoms with Crippen molar-refractivity contribution in [1.29, 1.82) is 0 Å². The highest BCUT2D eigenvalue weighted by atomic mass is 32.2. The molecule has 0 aliphatic rings. The monoisotopic (exact) mass is 437 g/mol. The molecule has 30 heavy (non-hydrogen) atoms. The molecule has 0 bridgehead atoms. The lowest BCUT2D eigenvalue weighted by Crippen LogP contribution is -2.17. The minimum atomic E-state index is -3.83. The molecule has 2 aromatic carbocycles. The molecule has 0 saturated carbocycles. The van der Waals surface area contributed by atoms with Crippen LogP contribution in [0.5, 0.6) is 5.75 Å². The van der Waals surface area contributed by atoms with Crippen molar-refractivity contribution in [3.63, 3.8) is 0 Å². The second-order valence-corrected chi connectivity index (χ2v) is 8.13. The van der Waals surface area contributed by atoms with Gasteiger partial charge in [0.15, 0.2) is 5.82 Å². The molecule has 0 aliphatic carbocycles. The summed E-state index contributed by atoms with van der Waals surface area (Å²) in [5.41, 5.74) is 1.85. The first-order valence-corrected chi connectivity index (χ1v) is 10.6. The van der Waals surface area contributed by atoms with Gasteiger partial charge >= 0.3 is 0 Å². The fraction of sp³-hybridized carbons (Fsp3) is 0. The van der Waals surface area contributed by atoms with Crippen molar-refractivity contribution in [3.05, 3.63) is 79.3 Å². The largest absolute Gasteiger partial charge is 0.430 e. The van der Waals surface area contributed by atoms with Gasteiger partial charge in [-0.1, -0.05) is 12.1 Å². The smallest absolute Gasteiger partial charge is 0.266 e. The van der Waals surface area contributed by atoms with Gasteiger partial charge in [0.25, 0.3) is 15.2 Å². The van der Waals surface area contributed by atoms with Crippen LogP contribution < -0.4 is 14.8 Å². The third kappa shape index (κ3) is 4.67. The maximum Gasteiger partial charge on any atom is 0.266 e. The van der Waals surface area contributed by atoms with Crippen LogP contribution in [0.4, 0.5) is 11.5 Å². The summed E-state index contributed by atoms with van der Waals surface area (Å²) >= 11 is 5.14. The van der Waals surface area contributed by atoms with Crippen molar-refractivity contribution in [2.24, 2.45) is 0 Å². The van der Waals surface area contributed by atoms with E-state index in [0.29, 0.717) is 22.5 Å². The second kappa shape index (κ2) is 8.39. The Balaban J connectivity index is 1.44. The third-order valence-electron chi connectivity index (χ3n) is 3.94. The minimum absolute atomic E-state index is 0.0714. The van der Waals surface area contributed by atoms with E-state index in [1.54, 1.807) is 42.6 Å². The molecule has 2 heterocycles. The van der Waals surface area contributed by atoms with E-state index in [2.05, 4.69) is 25.0 Å². The highest BCUT2D eigenvalue weighted by molar-refractivity contribution is 7.92. The summed E-state index contributed by atoms with van der Waals surface area (Å²) in [6.07, 6.45) is 4.54. The molecule has 10 heteroatoms. The molecular weight excluding hydrogens is 422 g/mol. The Morgan fingerprint density at radius 3 is 2.43 bits per heavy atom. The van der Waals surface area contributed by atoms with Gasteiger partial charge in [-0.3, -0.25) is 14.7 Å². The first kappa shape index (κ1) is 19.7. The SMILES string of the molecule is O=S(=O)(Nc1cnc2ccccc2n1)c1ccc(NC(=S)Oc2cccnc2)cc1. The Kier molecular flexibility index (Phi) is 5.50. The molecule has 150 valence electrons. The van der Waals surface area contributed by atoms with Gasteiger partial charge < -0.3 is 10.1 Å². The summed E-state index contributed by atoms with van der Waals surface area (Å²) in [5.74, 6) is 0.636. The fourth-order valence-electron chi connectivity index (χ4n) is 2.58. The maximum absolute atomic E-state index is 12.7. The van der Waals surface area contributed by atoms with E-state index in [9.17, 15) is 8.42 Å². The van der Waals surface area contributed by atoms with Crippen LogP contribution in [0.15, 0.2) is 84.1 Å². The van der Waals surface area contributed by atoms with Crippen molar-refractivity contribution in [3.8, 4) is 5.75 Å². The lowest BCUT2D eigenvalue weighted by molar-refractivity contribution is 0.560. The minimum Gasteiger partial charge on any atom is -0.430 e. The van der Waals surface area contributed by atoms with Crippen LogP contribution in [0.25, 0.3) is 11.0 Å². The molecule has 0 aliphatic heterocycles.